The summed E-state index contributed by atoms with van der Waals surface area (Å²) in [7, 11) is 0. The van der Waals surface area contributed by atoms with Crippen molar-refractivity contribution < 1.29 is 4.42 Å². The number of aryl methyl sites for hydroxylation is 2. The fourth-order valence-corrected chi connectivity index (χ4v) is 3.13. The summed E-state index contributed by atoms with van der Waals surface area (Å²) in [6, 6.07) is 14.2. The normalized spacial score (nSPS) is 11.7. The summed E-state index contributed by atoms with van der Waals surface area (Å²) in [6.45, 7) is 4.99. The molecule has 0 aliphatic heterocycles. The molecule has 2 heterocycles. The van der Waals surface area contributed by atoms with E-state index >= 15 is 0 Å². The zero-order valence-electron chi connectivity index (χ0n) is 14.7. The third-order valence-electron chi connectivity index (χ3n) is 4.62. The van der Waals surface area contributed by atoms with E-state index in [0.29, 0.717) is 0 Å². The Hall–Kier alpha value is -2.78. The van der Waals surface area contributed by atoms with Crippen LogP contribution in [0.3, 0.4) is 0 Å². The van der Waals surface area contributed by atoms with Crippen LogP contribution in [0.5, 0.6) is 0 Å². The maximum atomic E-state index is 6.03. The average Bonchev–Trinajstić information content (AvgIpc) is 3.25. The van der Waals surface area contributed by atoms with Crippen LogP contribution in [-0.2, 0) is 6.54 Å². The molecule has 4 aromatic rings. The van der Waals surface area contributed by atoms with Crippen LogP contribution >= 0.6 is 11.6 Å². The van der Waals surface area contributed by atoms with Crippen LogP contribution in [0.25, 0.3) is 23.2 Å². The predicted molar refractivity (Wildman–Crippen MR) is 107 cm³/mol. The molecule has 4 heteroatoms. The number of rotatable bonds is 4. The molecule has 0 saturated carbocycles. The van der Waals surface area contributed by atoms with E-state index in [1.807, 2.05) is 30.4 Å². The van der Waals surface area contributed by atoms with Gasteiger partial charge in [-0.2, -0.15) is 0 Å². The van der Waals surface area contributed by atoms with Crippen LogP contribution in [-0.4, -0.2) is 9.55 Å². The molecule has 0 fully saturated rings. The first kappa shape index (κ1) is 16.7. The minimum absolute atomic E-state index is 0.737. The van der Waals surface area contributed by atoms with Gasteiger partial charge in [-0.25, -0.2) is 4.98 Å². The van der Waals surface area contributed by atoms with Crippen LogP contribution < -0.4 is 0 Å². The van der Waals surface area contributed by atoms with Crippen molar-refractivity contribution in [3.05, 3.63) is 88.1 Å². The number of fused-ring (bicyclic) bond motifs is 1. The van der Waals surface area contributed by atoms with Gasteiger partial charge in [0.15, 0.2) is 0 Å². The van der Waals surface area contributed by atoms with Gasteiger partial charge in [0.1, 0.15) is 5.82 Å². The molecule has 0 amide bonds. The van der Waals surface area contributed by atoms with Crippen LogP contribution in [0.4, 0.5) is 0 Å². The molecule has 2 aromatic carbocycles. The molecule has 0 N–H and O–H groups in total. The fourth-order valence-electron chi connectivity index (χ4n) is 3.01. The number of hydrogen-bond acceptors (Lipinski definition) is 2. The molecule has 0 spiro atoms. The third kappa shape index (κ3) is 3.31. The van der Waals surface area contributed by atoms with E-state index in [2.05, 4.69) is 42.7 Å². The van der Waals surface area contributed by atoms with Gasteiger partial charge in [-0.3, -0.25) is 0 Å². The maximum Gasteiger partial charge on any atom is 0.134 e. The second-order valence-electron chi connectivity index (χ2n) is 6.50. The summed E-state index contributed by atoms with van der Waals surface area (Å²) < 4.78 is 7.38. The molecule has 0 atom stereocenters. The zero-order chi connectivity index (χ0) is 18.1. The quantitative estimate of drug-likeness (QED) is 0.438. The average molecular weight is 363 g/mol. The highest BCUT2D eigenvalue weighted by Gasteiger charge is 2.11. The minimum Gasteiger partial charge on any atom is -0.472 e. The van der Waals surface area contributed by atoms with Crippen LogP contribution in [0, 0.1) is 13.8 Å². The van der Waals surface area contributed by atoms with Crippen molar-refractivity contribution in [2.75, 3.05) is 0 Å². The van der Waals surface area contributed by atoms with Gasteiger partial charge >= 0.3 is 0 Å². The highest BCUT2D eigenvalue weighted by atomic mass is 35.5. The Balaban J connectivity index is 1.82. The molecule has 0 aliphatic rings. The van der Waals surface area contributed by atoms with Gasteiger partial charge in [0.05, 0.1) is 23.6 Å². The monoisotopic (exact) mass is 362 g/mol. The first-order valence-electron chi connectivity index (χ1n) is 8.52. The number of hydrogen-bond donors (Lipinski definition) is 0. The number of imidazole rings is 1. The largest absolute Gasteiger partial charge is 0.472 e. The van der Waals surface area contributed by atoms with Gasteiger partial charge < -0.3 is 8.98 Å². The van der Waals surface area contributed by atoms with E-state index in [0.717, 1.165) is 34.0 Å². The smallest absolute Gasteiger partial charge is 0.134 e. The number of nitrogens with zero attached hydrogens (tertiary/aromatic N) is 2. The van der Waals surface area contributed by atoms with Gasteiger partial charge in [0.25, 0.3) is 0 Å². The second-order valence-corrected chi connectivity index (χ2v) is 6.93. The summed E-state index contributed by atoms with van der Waals surface area (Å²) in [5.74, 6) is 0.918. The second kappa shape index (κ2) is 6.85. The van der Waals surface area contributed by atoms with Gasteiger partial charge in [-0.15, -0.1) is 0 Å². The molecule has 130 valence electrons. The van der Waals surface area contributed by atoms with Gasteiger partial charge in [-0.1, -0.05) is 23.7 Å². The van der Waals surface area contributed by atoms with Crippen LogP contribution in [0.1, 0.15) is 28.1 Å². The molecule has 0 aliphatic carbocycles. The summed E-state index contributed by atoms with van der Waals surface area (Å²) in [6.07, 6.45) is 7.44. The van der Waals surface area contributed by atoms with Gasteiger partial charge in [0, 0.05) is 17.1 Å². The lowest BCUT2D eigenvalue weighted by Crippen LogP contribution is -2.02. The van der Waals surface area contributed by atoms with E-state index in [-0.39, 0.29) is 0 Å². The molecule has 3 nitrogen and oxygen atoms in total. The fraction of sp³-hybridized carbons (Fsp3) is 0.136. The van der Waals surface area contributed by atoms with Crippen molar-refractivity contribution in [3.63, 3.8) is 0 Å². The summed E-state index contributed by atoms with van der Waals surface area (Å²) in [5, 5.41) is 0.746. The highest BCUT2D eigenvalue weighted by Crippen LogP contribution is 2.24. The number of halogens is 1. The van der Waals surface area contributed by atoms with Crippen molar-refractivity contribution in [2.24, 2.45) is 0 Å². The lowest BCUT2D eigenvalue weighted by atomic mass is 10.1. The van der Waals surface area contributed by atoms with Crippen LogP contribution in [0.15, 0.2) is 59.4 Å². The standard InChI is InChI=1S/C22H19ClN2O/c1-15-11-20-21(12-16(15)2)25(13-17-3-6-19(23)7-4-17)22(24-20)8-5-18-9-10-26-14-18/h3-12,14H,13H2,1-2H3/b8-5+. The predicted octanol–water partition coefficient (Wildman–Crippen LogP) is 6.12. The number of benzene rings is 2. The Morgan fingerprint density at radius 3 is 2.54 bits per heavy atom. The van der Waals surface area contributed by atoms with Crippen molar-refractivity contribution in [1.82, 2.24) is 9.55 Å². The third-order valence-corrected chi connectivity index (χ3v) is 4.87. The first-order chi connectivity index (χ1) is 12.6. The number of furan rings is 1. The molecule has 26 heavy (non-hydrogen) atoms. The van der Waals surface area contributed by atoms with E-state index in [1.54, 1.807) is 12.5 Å². The molecule has 2 aromatic heterocycles. The molecule has 0 radical (unpaired) electrons. The lowest BCUT2D eigenvalue weighted by molar-refractivity contribution is 0.567. The van der Waals surface area contributed by atoms with Crippen molar-refractivity contribution in [2.45, 2.75) is 20.4 Å². The van der Waals surface area contributed by atoms with Crippen molar-refractivity contribution >= 4 is 34.8 Å². The highest BCUT2D eigenvalue weighted by molar-refractivity contribution is 6.30. The maximum absolute atomic E-state index is 6.03. The molecular formula is C22H19ClN2O. The minimum atomic E-state index is 0.737. The summed E-state index contributed by atoms with van der Waals surface area (Å²) >= 11 is 6.03. The van der Waals surface area contributed by atoms with E-state index < -0.39 is 0 Å². The Labute approximate surface area is 157 Å². The molecule has 0 unspecified atom stereocenters. The van der Waals surface area contributed by atoms with Crippen LogP contribution in [0.2, 0.25) is 5.02 Å². The topological polar surface area (TPSA) is 31.0 Å². The SMILES string of the molecule is Cc1cc2nc(/C=C/c3ccoc3)n(Cc3ccc(Cl)cc3)c2cc1C. The van der Waals surface area contributed by atoms with E-state index in [9.17, 15) is 0 Å². The Morgan fingerprint density at radius 1 is 1.04 bits per heavy atom. The molecule has 0 bridgehead atoms. The number of aromatic nitrogens is 2. The van der Waals surface area contributed by atoms with E-state index in [4.69, 9.17) is 21.0 Å². The summed E-state index contributed by atoms with van der Waals surface area (Å²) in [4.78, 5) is 4.85. The summed E-state index contributed by atoms with van der Waals surface area (Å²) in [5.41, 5.74) is 6.86. The Kier molecular flexibility index (Phi) is 4.39. The Bertz CT molecular complexity index is 1070. The molecule has 0 saturated heterocycles. The molecule has 4 rings (SSSR count). The van der Waals surface area contributed by atoms with Crippen molar-refractivity contribution in [1.29, 1.82) is 0 Å². The molecular weight excluding hydrogens is 344 g/mol. The van der Waals surface area contributed by atoms with Gasteiger partial charge in [-0.05, 0) is 73.0 Å². The zero-order valence-corrected chi connectivity index (χ0v) is 15.5. The van der Waals surface area contributed by atoms with Crippen molar-refractivity contribution in [3.8, 4) is 0 Å². The lowest BCUT2D eigenvalue weighted by Gasteiger charge is -2.09. The van der Waals surface area contributed by atoms with E-state index in [1.165, 1.54) is 16.7 Å². The Morgan fingerprint density at radius 2 is 1.81 bits per heavy atom. The van der Waals surface area contributed by atoms with Gasteiger partial charge in [0.2, 0.25) is 0 Å². The first-order valence-corrected chi connectivity index (χ1v) is 8.90.